The first-order chi connectivity index (χ1) is 9.08. The lowest BCUT2D eigenvalue weighted by atomic mass is 10.1. The number of aliphatic hydroxyl groups excluding tert-OH is 1. The molecule has 1 amide bonds. The second-order valence-corrected chi connectivity index (χ2v) is 4.26. The molecule has 1 aromatic rings. The fraction of sp³-hybridized carbons (Fsp3) is 0.333. The van der Waals surface area contributed by atoms with Gasteiger partial charge in [0.15, 0.2) is 0 Å². The van der Waals surface area contributed by atoms with Gasteiger partial charge in [0, 0.05) is 24.7 Å². The summed E-state index contributed by atoms with van der Waals surface area (Å²) in [5.41, 5.74) is 1.21. The molecule has 4 nitrogen and oxygen atoms in total. The normalized spacial score (nSPS) is 10.8. The van der Waals surface area contributed by atoms with Crippen molar-refractivity contribution in [3.05, 3.63) is 35.4 Å². The minimum absolute atomic E-state index is 0.144. The molecule has 0 aliphatic carbocycles. The van der Waals surface area contributed by atoms with Crippen molar-refractivity contribution in [1.29, 1.82) is 5.26 Å². The number of nitriles is 1. The molecule has 1 aromatic carbocycles. The van der Waals surface area contributed by atoms with Crippen LogP contribution in [0.25, 0.3) is 0 Å². The van der Waals surface area contributed by atoms with Gasteiger partial charge in [-0.1, -0.05) is 17.9 Å². The first-order valence-corrected chi connectivity index (χ1v) is 5.93. The lowest BCUT2D eigenvalue weighted by Gasteiger charge is -2.18. The number of hydrogen-bond donors (Lipinski definition) is 1. The number of nitrogens with zero attached hydrogens (tertiary/aromatic N) is 2. The molecule has 0 aliphatic rings. The number of amides is 1. The van der Waals surface area contributed by atoms with Crippen LogP contribution in [-0.4, -0.2) is 36.1 Å². The molecule has 0 radical (unpaired) electrons. The maximum absolute atomic E-state index is 12.1. The highest BCUT2D eigenvalue weighted by molar-refractivity contribution is 5.94. The summed E-state index contributed by atoms with van der Waals surface area (Å²) in [5, 5.41) is 17.4. The molecule has 0 spiro atoms. The van der Waals surface area contributed by atoms with Gasteiger partial charge in [-0.3, -0.25) is 4.79 Å². The molecular weight excluding hydrogens is 240 g/mol. The Labute approximate surface area is 113 Å². The SMILES string of the molecule is CC(C#N)CN(C)C(=O)c1cccc(C#CCO)c1. The first-order valence-electron chi connectivity index (χ1n) is 5.93. The molecule has 1 unspecified atom stereocenters. The second kappa shape index (κ2) is 7.20. The second-order valence-electron chi connectivity index (χ2n) is 4.26. The van der Waals surface area contributed by atoms with Gasteiger partial charge >= 0.3 is 0 Å². The highest BCUT2D eigenvalue weighted by atomic mass is 16.2. The van der Waals surface area contributed by atoms with Crippen LogP contribution in [0.3, 0.4) is 0 Å². The Morgan fingerprint density at radius 3 is 2.89 bits per heavy atom. The van der Waals surface area contributed by atoms with Gasteiger partial charge in [0.25, 0.3) is 5.91 Å². The van der Waals surface area contributed by atoms with E-state index in [0.29, 0.717) is 17.7 Å². The summed E-state index contributed by atoms with van der Waals surface area (Å²) in [7, 11) is 1.67. The van der Waals surface area contributed by atoms with E-state index in [4.69, 9.17) is 10.4 Å². The van der Waals surface area contributed by atoms with E-state index in [1.807, 2.05) is 0 Å². The molecule has 98 valence electrons. The summed E-state index contributed by atoms with van der Waals surface area (Å²) in [6.45, 7) is 1.95. The average Bonchev–Trinajstić information content (AvgIpc) is 2.44. The number of benzene rings is 1. The number of carbonyl (C=O) groups excluding carboxylic acids is 1. The van der Waals surface area contributed by atoms with E-state index < -0.39 is 0 Å². The van der Waals surface area contributed by atoms with E-state index in [0.717, 1.165) is 0 Å². The van der Waals surface area contributed by atoms with Crippen LogP contribution in [0.15, 0.2) is 24.3 Å². The topological polar surface area (TPSA) is 64.3 Å². The zero-order valence-electron chi connectivity index (χ0n) is 11.1. The molecule has 0 aromatic heterocycles. The van der Waals surface area contributed by atoms with Crippen LogP contribution in [0.5, 0.6) is 0 Å². The van der Waals surface area contributed by atoms with Crippen LogP contribution in [0.2, 0.25) is 0 Å². The maximum atomic E-state index is 12.1. The van der Waals surface area contributed by atoms with Crippen LogP contribution in [-0.2, 0) is 0 Å². The lowest BCUT2D eigenvalue weighted by Crippen LogP contribution is -2.30. The van der Waals surface area contributed by atoms with E-state index in [1.165, 1.54) is 4.90 Å². The fourth-order valence-corrected chi connectivity index (χ4v) is 1.63. The van der Waals surface area contributed by atoms with Gasteiger partial charge < -0.3 is 10.0 Å². The summed E-state index contributed by atoms with van der Waals surface area (Å²) < 4.78 is 0. The van der Waals surface area contributed by atoms with Gasteiger partial charge in [-0.25, -0.2) is 0 Å². The van der Waals surface area contributed by atoms with E-state index in [1.54, 1.807) is 38.2 Å². The van der Waals surface area contributed by atoms with Crippen molar-refractivity contribution in [2.75, 3.05) is 20.2 Å². The molecule has 1 rings (SSSR count). The van der Waals surface area contributed by atoms with Crippen molar-refractivity contribution in [2.45, 2.75) is 6.92 Å². The van der Waals surface area contributed by atoms with Gasteiger partial charge in [0.2, 0.25) is 0 Å². The van der Waals surface area contributed by atoms with Crippen LogP contribution < -0.4 is 0 Å². The molecule has 19 heavy (non-hydrogen) atoms. The lowest BCUT2D eigenvalue weighted by molar-refractivity contribution is 0.0785. The van der Waals surface area contributed by atoms with E-state index in [9.17, 15) is 4.79 Å². The number of carbonyl (C=O) groups is 1. The van der Waals surface area contributed by atoms with E-state index in [-0.39, 0.29) is 18.4 Å². The zero-order chi connectivity index (χ0) is 14.3. The Morgan fingerprint density at radius 1 is 1.53 bits per heavy atom. The third-order valence-corrected chi connectivity index (χ3v) is 2.54. The van der Waals surface area contributed by atoms with Crippen molar-refractivity contribution in [3.8, 4) is 17.9 Å². The minimum atomic E-state index is -0.211. The van der Waals surface area contributed by atoms with Crippen molar-refractivity contribution < 1.29 is 9.90 Å². The minimum Gasteiger partial charge on any atom is -0.384 e. The predicted octanol–water partition coefficient (Wildman–Crippen LogP) is 1.26. The number of aliphatic hydroxyl groups is 1. The Balaban J connectivity index is 2.85. The van der Waals surface area contributed by atoms with Crippen LogP contribution in [0, 0.1) is 29.1 Å². The molecule has 0 aliphatic heterocycles. The summed E-state index contributed by atoms with van der Waals surface area (Å²) in [6, 6.07) is 9.01. The molecule has 1 N–H and O–H groups in total. The fourth-order valence-electron chi connectivity index (χ4n) is 1.63. The Hall–Kier alpha value is -2.30. The van der Waals surface area contributed by atoms with Crippen molar-refractivity contribution in [3.63, 3.8) is 0 Å². The Morgan fingerprint density at radius 2 is 2.26 bits per heavy atom. The highest BCUT2D eigenvalue weighted by Crippen LogP contribution is 2.08. The Bertz CT molecular complexity index is 549. The molecule has 1 atom stereocenters. The highest BCUT2D eigenvalue weighted by Gasteiger charge is 2.14. The van der Waals surface area contributed by atoms with Crippen molar-refractivity contribution in [2.24, 2.45) is 5.92 Å². The predicted molar refractivity (Wildman–Crippen MR) is 72.1 cm³/mol. The summed E-state index contributed by atoms with van der Waals surface area (Å²) >= 11 is 0. The monoisotopic (exact) mass is 256 g/mol. The number of hydrogen-bond acceptors (Lipinski definition) is 3. The summed E-state index contributed by atoms with van der Waals surface area (Å²) in [6.07, 6.45) is 0. The largest absolute Gasteiger partial charge is 0.384 e. The van der Waals surface area contributed by atoms with Gasteiger partial charge in [-0.05, 0) is 25.1 Å². The maximum Gasteiger partial charge on any atom is 0.253 e. The molecular formula is C15H16N2O2. The third kappa shape index (κ3) is 4.46. The third-order valence-electron chi connectivity index (χ3n) is 2.54. The van der Waals surface area contributed by atoms with Crippen molar-refractivity contribution in [1.82, 2.24) is 4.90 Å². The van der Waals surface area contributed by atoms with Gasteiger partial charge in [0.05, 0.1) is 12.0 Å². The van der Waals surface area contributed by atoms with Crippen molar-refractivity contribution >= 4 is 5.91 Å². The zero-order valence-corrected chi connectivity index (χ0v) is 11.1. The van der Waals surface area contributed by atoms with Gasteiger partial charge in [-0.15, -0.1) is 0 Å². The first kappa shape index (κ1) is 14.8. The average molecular weight is 256 g/mol. The Kier molecular flexibility index (Phi) is 5.60. The molecule has 0 saturated heterocycles. The van der Waals surface area contributed by atoms with E-state index >= 15 is 0 Å². The summed E-state index contributed by atoms with van der Waals surface area (Å²) in [5.74, 6) is 4.95. The van der Waals surface area contributed by atoms with E-state index in [2.05, 4.69) is 17.9 Å². The van der Waals surface area contributed by atoms with Crippen LogP contribution >= 0.6 is 0 Å². The molecule has 0 heterocycles. The molecule has 0 bridgehead atoms. The standard InChI is InChI=1S/C15H16N2O2/c1-12(10-16)11-17(2)15(19)14-7-3-5-13(9-14)6-4-8-18/h3,5,7,9,12,18H,8,11H2,1-2H3. The van der Waals surface area contributed by atoms with Crippen LogP contribution in [0.4, 0.5) is 0 Å². The van der Waals surface area contributed by atoms with Gasteiger partial charge in [0.1, 0.15) is 6.61 Å². The summed E-state index contributed by atoms with van der Waals surface area (Å²) in [4.78, 5) is 13.7. The molecule has 0 saturated carbocycles. The van der Waals surface area contributed by atoms with Gasteiger partial charge in [-0.2, -0.15) is 5.26 Å². The van der Waals surface area contributed by atoms with Crippen LogP contribution in [0.1, 0.15) is 22.8 Å². The number of rotatable bonds is 3. The molecule has 0 fully saturated rings. The smallest absolute Gasteiger partial charge is 0.253 e. The quantitative estimate of drug-likeness (QED) is 0.828. The molecule has 4 heteroatoms.